The van der Waals surface area contributed by atoms with Gasteiger partial charge in [0.25, 0.3) is 0 Å². The van der Waals surface area contributed by atoms with E-state index in [0.717, 1.165) is 45.0 Å². The molecule has 1 aliphatic heterocycles. The number of carboxylic acids is 1. The molecule has 0 saturated carbocycles. The van der Waals surface area contributed by atoms with Crippen molar-refractivity contribution in [2.75, 3.05) is 39.3 Å². The molecule has 2 rings (SSSR count). The molecule has 21 heavy (non-hydrogen) atoms. The van der Waals surface area contributed by atoms with E-state index < -0.39 is 12.0 Å². The van der Waals surface area contributed by atoms with Gasteiger partial charge in [-0.05, 0) is 0 Å². The minimum Gasteiger partial charge on any atom is -0.548 e. The van der Waals surface area contributed by atoms with E-state index in [9.17, 15) is 9.90 Å². The molecule has 1 aromatic rings. The second kappa shape index (κ2) is 12.8. The van der Waals surface area contributed by atoms with Gasteiger partial charge >= 0.3 is 17.1 Å². The summed E-state index contributed by atoms with van der Waals surface area (Å²) in [6.07, 6.45) is 3.51. The third-order valence-electron chi connectivity index (χ3n) is 2.78. The Hall–Kier alpha value is -0.961. The van der Waals surface area contributed by atoms with Crippen LogP contribution in [0, 0.1) is 0 Å². The van der Waals surface area contributed by atoms with Crippen molar-refractivity contribution in [1.82, 2.24) is 20.9 Å². The van der Waals surface area contributed by atoms with Gasteiger partial charge in [0.15, 0.2) is 0 Å². The molecule has 1 aliphatic rings. The van der Waals surface area contributed by atoms with Crippen molar-refractivity contribution >= 4 is 5.97 Å². The van der Waals surface area contributed by atoms with E-state index in [1.54, 1.807) is 12.5 Å². The van der Waals surface area contributed by atoms with Gasteiger partial charge < -0.3 is 31.6 Å². The van der Waals surface area contributed by atoms with Crippen molar-refractivity contribution in [3.8, 4) is 0 Å². The Morgan fingerprint density at radius 1 is 1.19 bits per heavy atom. The van der Waals surface area contributed by atoms with Gasteiger partial charge in [-0.2, -0.15) is 0 Å². The van der Waals surface area contributed by atoms with Gasteiger partial charge in [0, 0.05) is 45.7 Å². The zero-order chi connectivity index (χ0) is 14.6. The molecule has 1 atom stereocenters. The van der Waals surface area contributed by atoms with Gasteiger partial charge in [0.2, 0.25) is 6.33 Å². The number of nitrogens with one attached hydrogen (secondary N) is 5. The van der Waals surface area contributed by atoms with Crippen molar-refractivity contribution in [1.29, 1.82) is 0 Å². The minimum absolute atomic E-state index is 0. The second-order valence-corrected chi connectivity index (χ2v) is 4.50. The first-order valence-corrected chi connectivity index (χ1v) is 6.82. The van der Waals surface area contributed by atoms with Crippen LogP contribution in [0.25, 0.3) is 0 Å². The molecule has 0 amide bonds. The maximum Gasteiger partial charge on any atom is 2.00 e. The SMILES string of the molecule is C1CNCCNCCN1.NC(Cc1c[nH+]c[nH]1)C(=O)[O-].[Cu+2]. The fourth-order valence-corrected chi connectivity index (χ4v) is 1.66. The molecule has 1 radical (unpaired) electrons. The Kier molecular flexibility index (Phi) is 12.2. The van der Waals surface area contributed by atoms with Gasteiger partial charge in [0.05, 0.1) is 12.0 Å². The first kappa shape index (κ1) is 20.0. The van der Waals surface area contributed by atoms with Crippen molar-refractivity contribution in [3.05, 3.63) is 18.2 Å². The molecule has 7 N–H and O–H groups in total. The number of aliphatic carboxylic acids is 1. The molecule has 1 unspecified atom stereocenters. The normalized spacial score (nSPS) is 17.0. The monoisotopic (exact) mass is 347 g/mol. The molecule has 9 heteroatoms. The number of hydrogen-bond donors (Lipinski definition) is 5. The summed E-state index contributed by atoms with van der Waals surface area (Å²) in [5.74, 6) is -1.24. The summed E-state index contributed by atoms with van der Waals surface area (Å²) < 4.78 is 0. The zero-order valence-corrected chi connectivity index (χ0v) is 12.8. The molecule has 1 aromatic heterocycles. The second-order valence-electron chi connectivity index (χ2n) is 4.50. The molecule has 0 aromatic carbocycles. The van der Waals surface area contributed by atoms with Crippen molar-refractivity contribution < 1.29 is 32.0 Å². The van der Waals surface area contributed by atoms with Gasteiger partial charge in [0.1, 0.15) is 11.9 Å². The first-order valence-electron chi connectivity index (χ1n) is 6.82. The Bertz CT molecular complexity index is 334. The minimum atomic E-state index is -1.24. The number of nitrogens with two attached hydrogens (primary N) is 1. The number of carbonyl (C=O) groups is 1. The summed E-state index contributed by atoms with van der Waals surface area (Å²) in [5.41, 5.74) is 5.96. The summed E-state index contributed by atoms with van der Waals surface area (Å²) in [5, 5.41) is 20.1. The van der Waals surface area contributed by atoms with Crippen molar-refractivity contribution in [3.63, 3.8) is 0 Å². The third-order valence-corrected chi connectivity index (χ3v) is 2.78. The number of aromatic nitrogens is 2. The van der Waals surface area contributed by atoms with Crippen LogP contribution in [-0.4, -0.2) is 56.3 Å². The molecule has 0 spiro atoms. The van der Waals surface area contributed by atoms with Gasteiger partial charge in [-0.3, -0.25) is 4.98 Å². The smallest absolute Gasteiger partial charge is 0.548 e. The van der Waals surface area contributed by atoms with Crippen LogP contribution < -0.4 is 31.8 Å². The molecule has 123 valence electrons. The topological polar surface area (TPSA) is 132 Å². The van der Waals surface area contributed by atoms with Crippen molar-refractivity contribution in [2.45, 2.75) is 12.5 Å². The van der Waals surface area contributed by atoms with Gasteiger partial charge in [-0.1, -0.05) is 0 Å². The van der Waals surface area contributed by atoms with E-state index in [-0.39, 0.29) is 23.5 Å². The van der Waals surface area contributed by atoms with E-state index in [1.165, 1.54) is 0 Å². The Morgan fingerprint density at radius 2 is 1.67 bits per heavy atom. The maximum absolute atomic E-state index is 10.2. The van der Waals surface area contributed by atoms with Crippen LogP contribution in [0.2, 0.25) is 0 Å². The molecule has 1 fully saturated rings. The summed E-state index contributed by atoms with van der Waals surface area (Å²) >= 11 is 0. The fourth-order valence-electron chi connectivity index (χ4n) is 1.66. The molecule has 8 nitrogen and oxygen atoms in total. The number of carboxylic acid groups (broad SMARTS) is 1. The summed E-state index contributed by atoms with van der Waals surface area (Å²) in [6.45, 7) is 6.59. The number of carbonyl (C=O) groups excluding carboxylic acids is 1. The fraction of sp³-hybridized carbons (Fsp3) is 0.667. The maximum atomic E-state index is 10.2. The van der Waals surface area contributed by atoms with E-state index in [0.29, 0.717) is 0 Å². The van der Waals surface area contributed by atoms with Crippen LogP contribution in [0.4, 0.5) is 0 Å². The average molecular weight is 348 g/mol. The van der Waals surface area contributed by atoms with Crippen LogP contribution >= 0.6 is 0 Å². The number of rotatable bonds is 3. The van der Waals surface area contributed by atoms with Gasteiger partial charge in [-0.15, -0.1) is 0 Å². The predicted octanol–water partition coefficient (Wildman–Crippen LogP) is -3.79. The Balaban J connectivity index is 0.000000370. The van der Waals surface area contributed by atoms with E-state index in [2.05, 4.69) is 25.9 Å². The molecule has 2 heterocycles. The predicted molar refractivity (Wildman–Crippen MR) is 72.6 cm³/mol. The standard InChI is InChI=1S/C6H9N3O2.C6H15N3.Cu/c7-5(6(10)11)1-4-2-8-3-9-4;1-2-8-5-6-9-4-3-7-1;/h2-3,5H,1,7H2,(H,8,9)(H,10,11);7-9H,1-6H2;/q;;+2. The Labute approximate surface area is 135 Å². The molecule has 0 bridgehead atoms. The van der Waals surface area contributed by atoms with Crippen LogP contribution in [0.5, 0.6) is 0 Å². The quantitative estimate of drug-likeness (QED) is 0.356. The summed E-state index contributed by atoms with van der Waals surface area (Å²) in [7, 11) is 0. The van der Waals surface area contributed by atoms with Gasteiger partial charge in [-0.25, -0.2) is 4.98 Å². The van der Waals surface area contributed by atoms with Crippen LogP contribution in [0.1, 0.15) is 5.69 Å². The molecule has 1 saturated heterocycles. The summed E-state index contributed by atoms with van der Waals surface area (Å²) in [4.78, 5) is 15.7. The average Bonchev–Trinajstić information content (AvgIpc) is 2.96. The van der Waals surface area contributed by atoms with E-state index in [1.807, 2.05) is 0 Å². The van der Waals surface area contributed by atoms with Crippen LogP contribution in [-0.2, 0) is 28.3 Å². The van der Waals surface area contributed by atoms with Crippen LogP contribution in [0.15, 0.2) is 12.5 Å². The molecular formula is C12H24CuN6O2+2. The Morgan fingerprint density at radius 3 is 2.00 bits per heavy atom. The number of aromatic amines is 2. The largest absolute Gasteiger partial charge is 2.00 e. The third kappa shape index (κ3) is 10.4. The number of H-pyrrole nitrogens is 2. The van der Waals surface area contributed by atoms with Crippen molar-refractivity contribution in [2.24, 2.45) is 5.73 Å². The zero-order valence-electron chi connectivity index (χ0n) is 11.9. The summed E-state index contributed by atoms with van der Waals surface area (Å²) in [6, 6.07) is -0.943. The van der Waals surface area contributed by atoms with Crippen LogP contribution in [0.3, 0.4) is 0 Å². The first-order chi connectivity index (χ1) is 9.70. The number of hydrogen-bond acceptors (Lipinski definition) is 6. The molecular weight excluding hydrogens is 324 g/mol. The molecule has 0 aliphatic carbocycles. The van der Waals surface area contributed by atoms with E-state index in [4.69, 9.17) is 5.73 Å². The van der Waals surface area contributed by atoms with E-state index >= 15 is 0 Å². The number of imidazole rings is 1.